The van der Waals surface area contributed by atoms with Crippen LogP contribution >= 0.6 is 0 Å². The van der Waals surface area contributed by atoms with Gasteiger partial charge in [0, 0.05) is 25.5 Å². The topological polar surface area (TPSA) is 214 Å². The van der Waals surface area contributed by atoms with Crippen molar-refractivity contribution < 1.29 is 45.3 Å². The van der Waals surface area contributed by atoms with E-state index in [-0.39, 0.29) is 0 Å². The van der Waals surface area contributed by atoms with Crippen molar-refractivity contribution in [3.05, 3.63) is 48.5 Å². The van der Waals surface area contributed by atoms with Gasteiger partial charge in [0.2, 0.25) is 0 Å². The first-order valence-corrected chi connectivity index (χ1v) is 9.78. The molecule has 0 fully saturated rings. The summed E-state index contributed by atoms with van der Waals surface area (Å²) >= 11 is 0. The minimum atomic E-state index is -4.67. The van der Waals surface area contributed by atoms with Gasteiger partial charge in [-0.3, -0.25) is 18.2 Å². The molecule has 0 unspecified atom stereocenters. The second kappa shape index (κ2) is 13.5. The molecule has 160 valence electrons. The number of hydrogen-bond donors (Lipinski definition) is 8. The molecule has 28 heavy (non-hydrogen) atoms. The van der Waals surface area contributed by atoms with Crippen LogP contribution in [0.5, 0.6) is 11.5 Å². The fourth-order valence-corrected chi connectivity index (χ4v) is 1.26. The average Bonchev–Trinajstić information content (AvgIpc) is 2.54. The minimum Gasteiger partial charge on any atom is -0.508 e. The monoisotopic (exact) mass is 442 g/mol. The fraction of sp³-hybridized carbons (Fsp3) is 0.143. The van der Waals surface area contributed by atoms with Gasteiger partial charge >= 0.3 is 20.8 Å². The second-order valence-corrected chi connectivity index (χ2v) is 6.28. The first-order chi connectivity index (χ1) is 12.7. The Hall–Kier alpha value is -2.62. The van der Waals surface area contributed by atoms with Crippen molar-refractivity contribution >= 4 is 32.2 Å². The van der Waals surface area contributed by atoms with Gasteiger partial charge in [-0.15, -0.1) is 0 Å². The first kappa shape index (κ1) is 27.6. The van der Waals surface area contributed by atoms with Crippen LogP contribution in [0.3, 0.4) is 0 Å². The first-order valence-electron chi connectivity index (χ1n) is 6.99. The van der Waals surface area contributed by atoms with Gasteiger partial charge < -0.3 is 20.8 Å². The summed E-state index contributed by atoms with van der Waals surface area (Å²) in [5, 5.41) is 23.5. The highest BCUT2D eigenvalue weighted by molar-refractivity contribution is 7.80. The van der Waals surface area contributed by atoms with E-state index in [1.54, 1.807) is 24.3 Å². The summed E-state index contributed by atoms with van der Waals surface area (Å²) in [5.74, 6) is 0.600. The molecule has 0 atom stereocenters. The molecule has 0 heterocycles. The fourth-order valence-electron chi connectivity index (χ4n) is 1.26. The number of phenols is 2. The van der Waals surface area contributed by atoms with Gasteiger partial charge in [0.25, 0.3) is 0 Å². The molecule has 2 rings (SSSR count). The maximum Gasteiger partial charge on any atom is 0.394 e. The zero-order chi connectivity index (χ0) is 22.4. The number of phenolic OH excluding ortho intramolecular Hbond substituents is 2. The molecule has 0 aliphatic carbocycles. The van der Waals surface area contributed by atoms with Crippen molar-refractivity contribution in [1.82, 2.24) is 0 Å². The van der Waals surface area contributed by atoms with Crippen LogP contribution in [0.4, 0.5) is 11.4 Å². The predicted octanol–water partition coefficient (Wildman–Crippen LogP) is 1.56. The summed E-state index contributed by atoms with van der Waals surface area (Å²) in [6, 6.07) is 13.8. The lowest BCUT2D eigenvalue weighted by Gasteiger charge is -1.96. The van der Waals surface area contributed by atoms with Gasteiger partial charge in [-0.05, 0) is 48.5 Å². The SMILES string of the molecule is CNc1ccc(O)cc1.CNc1ccc(O)cc1.O=S(=O)(O)O.O=S(=O)(O)O. The Morgan fingerprint density at radius 1 is 0.571 bits per heavy atom. The molecule has 8 N–H and O–H groups in total. The van der Waals surface area contributed by atoms with Crippen molar-refractivity contribution in [1.29, 1.82) is 0 Å². The Bertz CT molecular complexity index is 776. The van der Waals surface area contributed by atoms with Gasteiger partial charge in [-0.1, -0.05) is 0 Å². The molecule has 2 aromatic carbocycles. The van der Waals surface area contributed by atoms with Crippen molar-refractivity contribution in [3.63, 3.8) is 0 Å². The molecule has 0 radical (unpaired) electrons. The lowest BCUT2D eigenvalue weighted by atomic mass is 10.3. The molecule has 12 nitrogen and oxygen atoms in total. The van der Waals surface area contributed by atoms with E-state index in [9.17, 15) is 0 Å². The van der Waals surface area contributed by atoms with Crippen molar-refractivity contribution in [2.24, 2.45) is 0 Å². The van der Waals surface area contributed by atoms with E-state index in [0.29, 0.717) is 11.5 Å². The third kappa shape index (κ3) is 25.6. The van der Waals surface area contributed by atoms with Gasteiger partial charge in [0.1, 0.15) is 11.5 Å². The number of hydrogen-bond acceptors (Lipinski definition) is 8. The predicted molar refractivity (Wildman–Crippen MR) is 104 cm³/mol. The maximum absolute atomic E-state index is 8.82. The zero-order valence-corrected chi connectivity index (χ0v) is 16.4. The van der Waals surface area contributed by atoms with Crippen LogP contribution in [-0.4, -0.2) is 59.4 Å². The van der Waals surface area contributed by atoms with E-state index in [1.165, 1.54) is 0 Å². The van der Waals surface area contributed by atoms with Crippen LogP contribution in [0.2, 0.25) is 0 Å². The van der Waals surface area contributed by atoms with Gasteiger partial charge in [0.15, 0.2) is 0 Å². The zero-order valence-electron chi connectivity index (χ0n) is 14.8. The van der Waals surface area contributed by atoms with Crippen molar-refractivity contribution in [2.75, 3.05) is 24.7 Å². The van der Waals surface area contributed by atoms with Gasteiger partial charge in [-0.25, -0.2) is 0 Å². The third-order valence-electron chi connectivity index (χ3n) is 2.31. The summed E-state index contributed by atoms with van der Waals surface area (Å²) in [5.41, 5.74) is 2.01. The van der Waals surface area contributed by atoms with Crippen LogP contribution in [0.1, 0.15) is 0 Å². The highest BCUT2D eigenvalue weighted by Gasteiger charge is 1.87. The molecule has 0 saturated carbocycles. The minimum absolute atomic E-state index is 0.300. The van der Waals surface area contributed by atoms with E-state index < -0.39 is 20.8 Å². The van der Waals surface area contributed by atoms with E-state index >= 15 is 0 Å². The quantitative estimate of drug-likeness (QED) is 0.246. The van der Waals surface area contributed by atoms with E-state index in [2.05, 4.69) is 10.6 Å². The summed E-state index contributed by atoms with van der Waals surface area (Å²) in [6.07, 6.45) is 0. The Kier molecular flexibility index (Phi) is 13.3. The van der Waals surface area contributed by atoms with Crippen LogP contribution < -0.4 is 10.6 Å². The highest BCUT2D eigenvalue weighted by Crippen LogP contribution is 2.12. The summed E-state index contributed by atoms with van der Waals surface area (Å²) < 4.78 is 63.2. The molecule has 0 aliphatic rings. The molecule has 2 aromatic rings. The Morgan fingerprint density at radius 2 is 0.750 bits per heavy atom. The summed E-state index contributed by atoms with van der Waals surface area (Å²) in [6.45, 7) is 0. The second-order valence-electron chi connectivity index (χ2n) is 4.49. The molecule has 0 aliphatic heterocycles. The third-order valence-corrected chi connectivity index (χ3v) is 2.31. The average molecular weight is 442 g/mol. The lowest BCUT2D eigenvalue weighted by Crippen LogP contribution is -1.89. The molecular weight excluding hydrogens is 420 g/mol. The molecular formula is C14H22N2O10S2. The largest absolute Gasteiger partial charge is 0.508 e. The molecule has 0 aromatic heterocycles. The van der Waals surface area contributed by atoms with Crippen molar-refractivity contribution in [3.8, 4) is 11.5 Å². The molecule has 0 amide bonds. The van der Waals surface area contributed by atoms with E-state index in [0.717, 1.165) is 11.4 Å². The normalized spacial score (nSPS) is 9.93. The number of benzene rings is 2. The molecule has 0 spiro atoms. The standard InChI is InChI=1S/2C7H9NO.2H2O4S/c2*1-8-6-2-4-7(9)5-3-6;2*1-5(2,3)4/h2*2-5,8-9H,1H3;2*(H2,1,2,3,4). The van der Waals surface area contributed by atoms with Crippen LogP contribution in [0.15, 0.2) is 48.5 Å². The molecule has 14 heteroatoms. The maximum atomic E-state index is 8.82. The van der Waals surface area contributed by atoms with Crippen LogP contribution in [0, 0.1) is 0 Å². The number of rotatable bonds is 2. The molecule has 0 saturated heterocycles. The number of aromatic hydroxyl groups is 2. The van der Waals surface area contributed by atoms with Crippen molar-refractivity contribution in [2.45, 2.75) is 0 Å². The van der Waals surface area contributed by atoms with Crippen LogP contribution in [-0.2, 0) is 20.8 Å². The lowest BCUT2D eigenvalue weighted by molar-refractivity contribution is 0.378. The van der Waals surface area contributed by atoms with Gasteiger partial charge in [0.05, 0.1) is 0 Å². The Labute approximate surface area is 162 Å². The van der Waals surface area contributed by atoms with Crippen LogP contribution in [0.25, 0.3) is 0 Å². The van der Waals surface area contributed by atoms with Gasteiger partial charge in [-0.2, -0.15) is 16.8 Å². The number of anilines is 2. The highest BCUT2D eigenvalue weighted by atomic mass is 32.3. The smallest absolute Gasteiger partial charge is 0.394 e. The summed E-state index contributed by atoms with van der Waals surface area (Å²) in [4.78, 5) is 0. The Balaban J connectivity index is 0. The van der Waals surface area contributed by atoms with E-state index in [1.807, 2.05) is 38.4 Å². The number of nitrogens with one attached hydrogen (secondary N) is 2. The van der Waals surface area contributed by atoms with E-state index in [4.69, 9.17) is 45.3 Å². The summed E-state index contributed by atoms with van der Waals surface area (Å²) in [7, 11) is -5.65. The molecule has 0 bridgehead atoms. The Morgan fingerprint density at radius 3 is 0.893 bits per heavy atom.